The van der Waals surface area contributed by atoms with Gasteiger partial charge in [-0.2, -0.15) is 4.99 Å². The number of carbonyl (C=O) groups is 1. The fraction of sp³-hybridized carbons (Fsp3) is 0.360. The fourth-order valence-electron chi connectivity index (χ4n) is 3.99. The Morgan fingerprint density at radius 2 is 1.65 bits per heavy atom. The lowest BCUT2D eigenvalue weighted by atomic mass is 10.2. The van der Waals surface area contributed by atoms with E-state index in [-0.39, 0.29) is 5.91 Å². The number of aliphatic imine (C=N–C) groups is 1. The number of benzene rings is 2. The topological polar surface area (TPSA) is 39.1 Å². The summed E-state index contributed by atoms with van der Waals surface area (Å²) in [7, 11) is 0. The highest BCUT2D eigenvalue weighted by Crippen LogP contribution is 2.31. The maximum Gasteiger partial charge on any atom is 0.286 e. The number of rotatable bonds is 6. The number of piperazine rings is 1. The molecule has 2 aromatic carbocycles. The number of nitrogens with zero attached hydrogens (tertiary/aromatic N) is 4. The van der Waals surface area contributed by atoms with E-state index in [0.717, 1.165) is 56.5 Å². The van der Waals surface area contributed by atoms with Gasteiger partial charge >= 0.3 is 0 Å². The van der Waals surface area contributed by atoms with E-state index >= 15 is 0 Å². The minimum atomic E-state index is -0.125. The predicted molar refractivity (Wildman–Crippen MR) is 131 cm³/mol. The molecule has 2 aliphatic rings. The van der Waals surface area contributed by atoms with Crippen LogP contribution in [0.3, 0.4) is 0 Å². The van der Waals surface area contributed by atoms with Crippen LogP contribution < -0.4 is 4.90 Å². The minimum Gasteiger partial charge on any atom is -0.372 e. The summed E-state index contributed by atoms with van der Waals surface area (Å²) in [6, 6.07) is 19.0. The maximum atomic E-state index is 12.5. The van der Waals surface area contributed by atoms with E-state index < -0.39 is 0 Å². The summed E-state index contributed by atoms with van der Waals surface area (Å²) in [5.41, 5.74) is 3.59. The molecule has 0 radical (unpaired) electrons. The molecule has 0 saturated carbocycles. The SMILES string of the molecule is CCN(CC)c1ccc(C=C2SC(N3CCN(Cc4ccccc4)CC3)=NC2=O)cc1. The summed E-state index contributed by atoms with van der Waals surface area (Å²) in [6.45, 7) is 11.0. The zero-order valence-corrected chi connectivity index (χ0v) is 19.1. The average molecular weight is 435 g/mol. The molecule has 162 valence electrons. The first-order valence-corrected chi connectivity index (χ1v) is 11.9. The number of hydrogen-bond donors (Lipinski definition) is 0. The van der Waals surface area contributed by atoms with E-state index in [0.29, 0.717) is 4.91 Å². The molecule has 2 aromatic rings. The summed E-state index contributed by atoms with van der Waals surface area (Å²) in [5.74, 6) is -0.125. The summed E-state index contributed by atoms with van der Waals surface area (Å²) < 4.78 is 0. The van der Waals surface area contributed by atoms with Crippen LogP contribution in [0.1, 0.15) is 25.0 Å². The lowest BCUT2D eigenvalue weighted by Crippen LogP contribution is -2.47. The normalized spacial score (nSPS) is 18.5. The van der Waals surface area contributed by atoms with Gasteiger partial charge in [0.05, 0.1) is 4.91 Å². The van der Waals surface area contributed by atoms with Crippen molar-refractivity contribution in [1.29, 1.82) is 0 Å². The number of carbonyl (C=O) groups excluding carboxylic acids is 1. The maximum absolute atomic E-state index is 12.5. The van der Waals surface area contributed by atoms with Crippen LogP contribution in [0.15, 0.2) is 64.5 Å². The van der Waals surface area contributed by atoms with Crippen LogP contribution in [0.4, 0.5) is 5.69 Å². The first-order chi connectivity index (χ1) is 15.2. The lowest BCUT2D eigenvalue weighted by molar-refractivity contribution is -0.113. The zero-order chi connectivity index (χ0) is 21.6. The second-order valence-corrected chi connectivity index (χ2v) is 8.83. The van der Waals surface area contributed by atoms with Crippen molar-refractivity contribution in [3.63, 3.8) is 0 Å². The van der Waals surface area contributed by atoms with E-state index in [1.165, 1.54) is 23.0 Å². The van der Waals surface area contributed by atoms with Crippen LogP contribution in [0.25, 0.3) is 6.08 Å². The van der Waals surface area contributed by atoms with E-state index in [4.69, 9.17) is 0 Å². The molecule has 2 heterocycles. The van der Waals surface area contributed by atoms with Crippen LogP contribution in [-0.4, -0.2) is 60.1 Å². The van der Waals surface area contributed by atoms with Gasteiger partial charge in [0.1, 0.15) is 0 Å². The van der Waals surface area contributed by atoms with Gasteiger partial charge in [0.15, 0.2) is 5.17 Å². The van der Waals surface area contributed by atoms with Crippen LogP contribution in [0, 0.1) is 0 Å². The number of anilines is 1. The average Bonchev–Trinajstić information content (AvgIpc) is 3.17. The summed E-state index contributed by atoms with van der Waals surface area (Å²) in [5, 5.41) is 0.843. The molecule has 31 heavy (non-hydrogen) atoms. The number of hydrogen-bond acceptors (Lipinski definition) is 5. The molecule has 1 saturated heterocycles. The first-order valence-electron chi connectivity index (χ1n) is 11.0. The van der Waals surface area contributed by atoms with E-state index in [2.05, 4.69) is 88.1 Å². The molecule has 1 amide bonds. The second kappa shape index (κ2) is 10.2. The van der Waals surface area contributed by atoms with Crippen molar-refractivity contribution < 1.29 is 4.79 Å². The quantitative estimate of drug-likeness (QED) is 0.633. The Morgan fingerprint density at radius 1 is 0.968 bits per heavy atom. The van der Waals surface area contributed by atoms with Gasteiger partial charge in [-0.05, 0) is 54.9 Å². The van der Waals surface area contributed by atoms with Gasteiger partial charge in [-0.1, -0.05) is 42.5 Å². The molecule has 2 aliphatic heterocycles. The third kappa shape index (κ3) is 5.38. The highest BCUT2D eigenvalue weighted by molar-refractivity contribution is 8.18. The molecule has 0 spiro atoms. The fourth-order valence-corrected chi connectivity index (χ4v) is 4.96. The monoisotopic (exact) mass is 434 g/mol. The van der Waals surface area contributed by atoms with Crippen LogP contribution in [0.2, 0.25) is 0 Å². The Labute approximate surface area is 189 Å². The molecular formula is C25H30N4OS. The Balaban J connectivity index is 1.33. The van der Waals surface area contributed by atoms with Gasteiger partial charge in [-0.15, -0.1) is 0 Å². The van der Waals surface area contributed by atoms with Crippen molar-refractivity contribution in [3.8, 4) is 0 Å². The van der Waals surface area contributed by atoms with Crippen molar-refractivity contribution >= 4 is 34.6 Å². The lowest BCUT2D eigenvalue weighted by Gasteiger charge is -2.35. The third-order valence-corrected chi connectivity index (χ3v) is 6.86. The molecule has 0 N–H and O–H groups in total. The molecule has 0 bridgehead atoms. The van der Waals surface area contributed by atoms with Crippen molar-refractivity contribution in [1.82, 2.24) is 9.80 Å². The highest BCUT2D eigenvalue weighted by atomic mass is 32.2. The number of amidine groups is 1. The van der Waals surface area contributed by atoms with Crippen LogP contribution in [0.5, 0.6) is 0 Å². The Bertz CT molecular complexity index is 943. The summed E-state index contributed by atoms with van der Waals surface area (Å²) >= 11 is 1.50. The molecular weight excluding hydrogens is 404 g/mol. The Morgan fingerprint density at radius 3 is 2.29 bits per heavy atom. The molecule has 0 unspecified atom stereocenters. The standard InChI is InChI=1S/C25H30N4OS/c1-3-28(4-2)22-12-10-20(11-13-22)18-23-24(30)26-25(31-23)29-16-14-27(15-17-29)19-21-8-6-5-7-9-21/h5-13,18H,3-4,14-17,19H2,1-2H3. The molecule has 1 fully saturated rings. The smallest absolute Gasteiger partial charge is 0.286 e. The van der Waals surface area contributed by atoms with E-state index in [1.807, 2.05) is 6.08 Å². The van der Waals surface area contributed by atoms with E-state index in [1.54, 1.807) is 0 Å². The Kier molecular flexibility index (Phi) is 7.10. The van der Waals surface area contributed by atoms with Crippen molar-refractivity contribution in [2.24, 2.45) is 4.99 Å². The molecule has 0 aliphatic carbocycles. The second-order valence-electron chi connectivity index (χ2n) is 7.82. The molecule has 5 nitrogen and oxygen atoms in total. The van der Waals surface area contributed by atoms with Gasteiger partial charge in [0.25, 0.3) is 5.91 Å². The third-order valence-electron chi connectivity index (χ3n) is 5.82. The van der Waals surface area contributed by atoms with Crippen LogP contribution >= 0.6 is 11.8 Å². The number of amides is 1. The van der Waals surface area contributed by atoms with Crippen molar-refractivity contribution in [2.75, 3.05) is 44.2 Å². The largest absolute Gasteiger partial charge is 0.372 e. The molecule has 0 atom stereocenters. The highest BCUT2D eigenvalue weighted by Gasteiger charge is 2.28. The van der Waals surface area contributed by atoms with Crippen molar-refractivity contribution in [3.05, 3.63) is 70.6 Å². The van der Waals surface area contributed by atoms with Gasteiger partial charge in [0.2, 0.25) is 0 Å². The minimum absolute atomic E-state index is 0.125. The molecule has 6 heteroatoms. The zero-order valence-electron chi connectivity index (χ0n) is 18.3. The van der Waals surface area contributed by atoms with Gasteiger partial charge in [-0.25, -0.2) is 0 Å². The summed E-state index contributed by atoms with van der Waals surface area (Å²) in [6.07, 6.45) is 1.96. The number of thioether (sulfide) groups is 1. The molecule has 0 aromatic heterocycles. The Hall–Kier alpha value is -2.57. The van der Waals surface area contributed by atoms with Crippen LogP contribution in [-0.2, 0) is 11.3 Å². The van der Waals surface area contributed by atoms with Gasteiger partial charge in [-0.3, -0.25) is 9.69 Å². The van der Waals surface area contributed by atoms with Gasteiger partial charge in [0, 0.05) is 51.5 Å². The predicted octanol–water partition coefficient (Wildman–Crippen LogP) is 4.32. The first kappa shape index (κ1) is 21.7. The molecule has 4 rings (SSSR count). The summed E-state index contributed by atoms with van der Waals surface area (Å²) in [4.78, 5) is 24.5. The van der Waals surface area contributed by atoms with E-state index in [9.17, 15) is 4.79 Å². The van der Waals surface area contributed by atoms with Crippen molar-refractivity contribution in [2.45, 2.75) is 20.4 Å². The van der Waals surface area contributed by atoms with Gasteiger partial charge < -0.3 is 9.80 Å².